The van der Waals surface area contributed by atoms with Gasteiger partial charge in [0.15, 0.2) is 0 Å². The highest BCUT2D eigenvalue weighted by atomic mass is 35.5. The molecule has 2 aromatic carbocycles. The van der Waals surface area contributed by atoms with Crippen molar-refractivity contribution in [1.29, 1.82) is 0 Å². The lowest BCUT2D eigenvalue weighted by atomic mass is 10.1. The second-order valence-electron chi connectivity index (χ2n) is 5.52. The Morgan fingerprint density at radius 1 is 0.931 bits per heavy atom. The van der Waals surface area contributed by atoms with Gasteiger partial charge in [-0.25, -0.2) is 9.10 Å². The van der Waals surface area contributed by atoms with E-state index in [1.54, 1.807) is 0 Å². The maximum atomic E-state index is 12.8. The number of benzene rings is 2. The van der Waals surface area contributed by atoms with Crippen molar-refractivity contribution in [3.05, 3.63) is 34.9 Å². The summed E-state index contributed by atoms with van der Waals surface area (Å²) in [7, 11) is 5.64. The highest BCUT2D eigenvalue weighted by molar-refractivity contribution is 7.82. The van der Waals surface area contributed by atoms with Crippen molar-refractivity contribution in [2.75, 3.05) is 38.1 Å². The molecule has 0 aliphatic rings. The van der Waals surface area contributed by atoms with E-state index in [-0.39, 0.29) is 27.8 Å². The van der Waals surface area contributed by atoms with E-state index in [4.69, 9.17) is 36.3 Å². The summed E-state index contributed by atoms with van der Waals surface area (Å²) in [5.74, 6) is 0.349. The molecular weight excluding hydrogens is 422 g/mol. The van der Waals surface area contributed by atoms with Gasteiger partial charge in [-0.05, 0) is 12.1 Å². The number of urea groups is 1. The van der Waals surface area contributed by atoms with Crippen LogP contribution in [0.1, 0.15) is 10.4 Å². The number of nitrogens with one attached hydrogen (secondary N) is 1. The minimum absolute atomic E-state index is 0.0962. The first-order chi connectivity index (χ1) is 13.8. The van der Waals surface area contributed by atoms with E-state index in [0.717, 1.165) is 4.31 Å². The van der Waals surface area contributed by atoms with Gasteiger partial charge in [0.2, 0.25) is 0 Å². The third-order valence-corrected chi connectivity index (χ3v) is 4.60. The van der Waals surface area contributed by atoms with Crippen LogP contribution in [0.15, 0.2) is 24.3 Å². The molecule has 156 valence electrons. The van der Waals surface area contributed by atoms with Gasteiger partial charge in [0.05, 0.1) is 44.7 Å². The van der Waals surface area contributed by atoms with Crippen LogP contribution in [0.5, 0.6) is 23.0 Å². The molecule has 29 heavy (non-hydrogen) atoms. The largest absolute Gasteiger partial charge is 0.496 e. The molecule has 0 aromatic heterocycles. The van der Waals surface area contributed by atoms with E-state index in [1.165, 1.54) is 52.7 Å². The van der Waals surface area contributed by atoms with Crippen molar-refractivity contribution in [3.8, 4) is 23.0 Å². The van der Waals surface area contributed by atoms with Crippen molar-refractivity contribution in [2.24, 2.45) is 5.73 Å². The Balaban J connectivity index is 2.40. The average molecular weight is 442 g/mol. The number of thiol groups is 1. The molecule has 9 nitrogen and oxygen atoms in total. The van der Waals surface area contributed by atoms with E-state index in [1.807, 2.05) is 0 Å². The standard InChI is InChI=1S/C18H20ClN3O6S/c1-25-13-7-12(16(28-4)5-9(13)17(20)23)22(29)18(24)21-11-6-10(19)14(26-2)8-15(11)27-3/h5-8,29H,1-4H3,(H2,20,23)(H,21,24). The molecule has 3 amide bonds. The van der Waals surface area contributed by atoms with Gasteiger partial charge >= 0.3 is 6.03 Å². The summed E-state index contributed by atoms with van der Waals surface area (Å²) in [5.41, 5.74) is 5.95. The van der Waals surface area contributed by atoms with Crippen LogP contribution < -0.4 is 34.3 Å². The summed E-state index contributed by atoms with van der Waals surface area (Å²) in [5, 5.41) is 2.91. The van der Waals surface area contributed by atoms with Crippen molar-refractivity contribution in [2.45, 2.75) is 0 Å². The number of hydrogen-bond acceptors (Lipinski definition) is 7. The highest BCUT2D eigenvalue weighted by Gasteiger charge is 2.23. The molecule has 11 heteroatoms. The second-order valence-corrected chi connectivity index (χ2v) is 6.32. The fourth-order valence-electron chi connectivity index (χ4n) is 2.47. The lowest BCUT2D eigenvalue weighted by Crippen LogP contribution is -2.27. The number of anilines is 2. The highest BCUT2D eigenvalue weighted by Crippen LogP contribution is 2.38. The molecule has 0 spiro atoms. The summed E-state index contributed by atoms with van der Waals surface area (Å²) < 4.78 is 21.8. The van der Waals surface area contributed by atoms with Crippen LogP contribution in [0, 0.1) is 0 Å². The Bertz CT molecular complexity index is 940. The lowest BCUT2D eigenvalue weighted by Gasteiger charge is -2.21. The SMILES string of the molecule is COc1cc(OC)c(NC(=O)N(S)c2cc(OC)c(C(N)=O)cc2OC)cc1Cl. The van der Waals surface area contributed by atoms with Gasteiger partial charge in [0.25, 0.3) is 5.91 Å². The van der Waals surface area contributed by atoms with E-state index >= 15 is 0 Å². The predicted octanol–water partition coefficient (Wildman–Crippen LogP) is 3.36. The molecular formula is C18H20ClN3O6S. The van der Waals surface area contributed by atoms with Crippen molar-refractivity contribution in [1.82, 2.24) is 0 Å². The Kier molecular flexibility index (Phi) is 7.29. The number of methoxy groups -OCH3 is 4. The third-order valence-electron chi connectivity index (χ3n) is 3.90. The normalized spacial score (nSPS) is 10.1. The first kappa shape index (κ1) is 22.3. The minimum atomic E-state index is -0.709. The fourth-order valence-corrected chi connectivity index (χ4v) is 2.92. The Morgan fingerprint density at radius 2 is 1.52 bits per heavy atom. The van der Waals surface area contributed by atoms with Crippen molar-refractivity contribution >= 4 is 47.7 Å². The van der Waals surface area contributed by atoms with E-state index < -0.39 is 11.9 Å². The lowest BCUT2D eigenvalue weighted by molar-refractivity contribution is 0.0997. The number of primary amides is 1. The van der Waals surface area contributed by atoms with Gasteiger partial charge in [-0.3, -0.25) is 4.79 Å². The van der Waals surface area contributed by atoms with Crippen LogP contribution in [0.4, 0.5) is 16.2 Å². The summed E-state index contributed by atoms with van der Waals surface area (Å²) in [6.07, 6.45) is 0. The molecule has 2 rings (SSSR count). The molecule has 2 aromatic rings. The van der Waals surface area contributed by atoms with Gasteiger partial charge < -0.3 is 30.0 Å². The third kappa shape index (κ3) is 4.72. The quantitative estimate of drug-likeness (QED) is 0.568. The number of nitrogens with two attached hydrogens (primary N) is 1. The zero-order valence-electron chi connectivity index (χ0n) is 16.1. The number of ether oxygens (including phenoxy) is 4. The number of nitrogens with zero attached hydrogens (tertiary/aromatic N) is 1. The predicted molar refractivity (Wildman–Crippen MR) is 113 cm³/mol. The summed E-state index contributed by atoms with van der Waals surface area (Å²) in [6.45, 7) is 0. The summed E-state index contributed by atoms with van der Waals surface area (Å²) >= 11 is 10.4. The maximum absolute atomic E-state index is 12.8. The van der Waals surface area contributed by atoms with Crippen LogP contribution in [0.3, 0.4) is 0 Å². The molecule has 0 aliphatic carbocycles. The van der Waals surface area contributed by atoms with Gasteiger partial charge in [-0.15, -0.1) is 0 Å². The topological polar surface area (TPSA) is 112 Å². The zero-order chi connectivity index (χ0) is 21.7. The summed E-state index contributed by atoms with van der Waals surface area (Å²) in [6, 6.07) is 5.13. The molecule has 3 N–H and O–H groups in total. The van der Waals surface area contributed by atoms with Gasteiger partial charge in [-0.1, -0.05) is 24.4 Å². The molecule has 0 bridgehead atoms. The number of rotatable bonds is 7. The molecule has 0 aliphatic heterocycles. The van der Waals surface area contributed by atoms with Crippen LogP contribution in [-0.2, 0) is 0 Å². The van der Waals surface area contributed by atoms with E-state index in [0.29, 0.717) is 17.2 Å². The molecule has 0 unspecified atom stereocenters. The second kappa shape index (κ2) is 9.48. The molecule has 0 saturated carbocycles. The van der Waals surface area contributed by atoms with Crippen LogP contribution >= 0.6 is 24.4 Å². The van der Waals surface area contributed by atoms with Gasteiger partial charge in [-0.2, -0.15) is 0 Å². The first-order valence-electron chi connectivity index (χ1n) is 8.04. The molecule has 0 atom stereocenters. The maximum Gasteiger partial charge on any atom is 0.336 e. The zero-order valence-corrected chi connectivity index (χ0v) is 17.8. The molecule has 0 radical (unpaired) electrons. The Labute approximate surface area is 178 Å². The van der Waals surface area contributed by atoms with Crippen molar-refractivity contribution < 1.29 is 28.5 Å². The smallest absolute Gasteiger partial charge is 0.336 e. The number of hydrogen-bond donors (Lipinski definition) is 3. The van der Waals surface area contributed by atoms with E-state index in [2.05, 4.69) is 18.1 Å². The molecule has 0 heterocycles. The van der Waals surface area contributed by atoms with E-state index in [9.17, 15) is 9.59 Å². The van der Waals surface area contributed by atoms with Crippen LogP contribution in [0.25, 0.3) is 0 Å². The van der Waals surface area contributed by atoms with Crippen molar-refractivity contribution in [3.63, 3.8) is 0 Å². The monoisotopic (exact) mass is 441 g/mol. The number of carbonyl (C=O) groups is 2. The van der Waals surface area contributed by atoms with Crippen LogP contribution in [-0.4, -0.2) is 40.4 Å². The van der Waals surface area contributed by atoms with Gasteiger partial charge in [0, 0.05) is 12.1 Å². The Morgan fingerprint density at radius 3 is 2.03 bits per heavy atom. The molecule has 0 saturated heterocycles. The average Bonchev–Trinajstić information content (AvgIpc) is 2.72. The fraction of sp³-hybridized carbons (Fsp3) is 0.222. The first-order valence-corrected chi connectivity index (χ1v) is 8.82. The van der Waals surface area contributed by atoms with Crippen LogP contribution in [0.2, 0.25) is 5.02 Å². The van der Waals surface area contributed by atoms with Gasteiger partial charge in [0.1, 0.15) is 28.7 Å². The number of amides is 3. The summed E-state index contributed by atoms with van der Waals surface area (Å²) in [4.78, 5) is 24.4. The Hall–Kier alpha value is -2.98. The number of carbonyl (C=O) groups excluding carboxylic acids is 2. The number of halogens is 1. The molecule has 0 fully saturated rings. The minimum Gasteiger partial charge on any atom is -0.496 e.